The molecule has 1 heterocycles. The van der Waals surface area contributed by atoms with Crippen molar-refractivity contribution in [2.24, 2.45) is 0 Å². The molecule has 0 N–H and O–H groups in total. The van der Waals surface area contributed by atoms with Gasteiger partial charge in [-0.1, -0.05) is 70.6 Å². The van der Waals surface area contributed by atoms with E-state index < -0.39 is 18.5 Å². The van der Waals surface area contributed by atoms with Crippen molar-refractivity contribution in [1.29, 1.82) is 0 Å². The van der Waals surface area contributed by atoms with E-state index in [1.165, 1.54) is 22.2 Å². The van der Waals surface area contributed by atoms with Crippen molar-refractivity contribution < 1.29 is 31.1 Å². The molecule has 0 saturated heterocycles. The van der Waals surface area contributed by atoms with Crippen LogP contribution in [-0.2, 0) is 5.41 Å². The van der Waals surface area contributed by atoms with Gasteiger partial charge >= 0.3 is 12.1 Å². The second-order valence-electron chi connectivity index (χ2n) is 11.2. The molecule has 3 rings (SSSR count). The van der Waals surface area contributed by atoms with Crippen molar-refractivity contribution in [3.8, 4) is 5.75 Å². The predicted molar refractivity (Wildman–Crippen MR) is 159 cm³/mol. The van der Waals surface area contributed by atoms with Gasteiger partial charge in [0.1, 0.15) is 11.6 Å². The van der Waals surface area contributed by atoms with Crippen molar-refractivity contribution in [1.82, 2.24) is 0 Å². The maximum atomic E-state index is 13.8. The lowest BCUT2D eigenvalue weighted by atomic mass is 9.65. The van der Waals surface area contributed by atoms with Crippen LogP contribution in [0.5, 0.6) is 5.75 Å². The van der Waals surface area contributed by atoms with Crippen LogP contribution < -0.4 is 4.74 Å². The summed E-state index contributed by atoms with van der Waals surface area (Å²) >= 11 is 3.32. The Bertz CT molecular complexity index is 1070. The van der Waals surface area contributed by atoms with Gasteiger partial charge in [-0.25, -0.2) is 4.39 Å². The minimum absolute atomic E-state index is 0.131. The van der Waals surface area contributed by atoms with Crippen molar-refractivity contribution in [2.75, 3.05) is 18.6 Å². The average Bonchev–Trinajstić information content (AvgIpc) is 2.92. The number of fused-ring (bicyclic) bond motifs is 1. The first-order valence-electron chi connectivity index (χ1n) is 14.5. The highest BCUT2D eigenvalue weighted by Crippen LogP contribution is 2.56. The van der Waals surface area contributed by atoms with Gasteiger partial charge in [0.05, 0.1) is 7.11 Å². The van der Waals surface area contributed by atoms with E-state index in [9.17, 15) is 26.3 Å². The maximum absolute atomic E-state index is 13.8. The molecular formula is C32H42F6OS2. The minimum Gasteiger partial charge on any atom is -0.497 e. The molecule has 1 nitrogen and oxygen atoms in total. The summed E-state index contributed by atoms with van der Waals surface area (Å²) in [7, 11) is 1.68. The smallest absolute Gasteiger partial charge is 0.453 e. The number of rotatable bonds is 16. The van der Waals surface area contributed by atoms with Crippen LogP contribution in [0.4, 0.5) is 26.3 Å². The summed E-state index contributed by atoms with van der Waals surface area (Å²) in [6, 6.07) is 13.3. The number of methoxy groups -OCH3 is 1. The highest BCUT2D eigenvalue weighted by Gasteiger charge is 2.56. The molecule has 0 fully saturated rings. The van der Waals surface area contributed by atoms with Crippen LogP contribution in [0.1, 0.15) is 95.1 Å². The first kappa shape index (κ1) is 34.0. The van der Waals surface area contributed by atoms with Crippen LogP contribution in [-0.4, -0.2) is 36.0 Å². The lowest BCUT2D eigenvalue weighted by molar-refractivity contribution is -0.284. The molecule has 0 bridgehead atoms. The number of thioether (sulfide) groups is 2. The minimum atomic E-state index is -5.45. The predicted octanol–water partition coefficient (Wildman–Crippen LogP) is 11.2. The lowest BCUT2D eigenvalue weighted by Crippen LogP contribution is -2.42. The van der Waals surface area contributed by atoms with E-state index in [-0.39, 0.29) is 17.7 Å². The average molecular weight is 621 g/mol. The summed E-state index contributed by atoms with van der Waals surface area (Å²) in [5, 5.41) is 0.302. The van der Waals surface area contributed by atoms with E-state index in [0.29, 0.717) is 16.9 Å². The van der Waals surface area contributed by atoms with E-state index in [4.69, 9.17) is 4.74 Å². The first-order chi connectivity index (χ1) is 19.4. The Balaban J connectivity index is 1.42. The van der Waals surface area contributed by atoms with Gasteiger partial charge in [-0.2, -0.15) is 33.7 Å². The summed E-state index contributed by atoms with van der Waals surface area (Å²) < 4.78 is 81.7. The van der Waals surface area contributed by atoms with Crippen LogP contribution in [0.25, 0.3) is 0 Å². The van der Waals surface area contributed by atoms with Gasteiger partial charge in [-0.15, -0.1) is 11.8 Å². The first-order valence-corrected chi connectivity index (χ1v) is 16.6. The summed E-state index contributed by atoms with van der Waals surface area (Å²) in [6.45, 7) is 4.58. The molecule has 2 aromatic carbocycles. The molecule has 3 unspecified atom stereocenters. The zero-order valence-corrected chi connectivity index (χ0v) is 25.8. The Morgan fingerprint density at radius 2 is 1.46 bits per heavy atom. The largest absolute Gasteiger partial charge is 0.497 e. The van der Waals surface area contributed by atoms with Gasteiger partial charge in [0.2, 0.25) is 0 Å². The van der Waals surface area contributed by atoms with E-state index >= 15 is 0 Å². The van der Waals surface area contributed by atoms with Crippen molar-refractivity contribution in [2.45, 2.75) is 112 Å². The number of unbranched alkanes of at least 4 members (excludes halogenated alkanes) is 6. The van der Waals surface area contributed by atoms with Crippen molar-refractivity contribution in [3.63, 3.8) is 0 Å². The van der Waals surface area contributed by atoms with Crippen LogP contribution in [0.15, 0.2) is 47.4 Å². The quantitative estimate of drug-likeness (QED) is 0.136. The third-order valence-electron chi connectivity index (χ3n) is 8.41. The molecule has 0 saturated carbocycles. The van der Waals surface area contributed by atoms with E-state index in [0.717, 1.165) is 68.4 Å². The molecule has 1 aliphatic rings. The van der Waals surface area contributed by atoms with Crippen LogP contribution in [0, 0.1) is 5.82 Å². The second-order valence-corrected chi connectivity index (χ2v) is 13.8. The zero-order valence-electron chi connectivity index (χ0n) is 24.2. The topological polar surface area (TPSA) is 9.23 Å². The third kappa shape index (κ3) is 9.01. The third-order valence-corrected chi connectivity index (χ3v) is 11.0. The Hall–Kier alpha value is -1.48. The molecular weight excluding hydrogens is 578 g/mol. The fourth-order valence-electron chi connectivity index (χ4n) is 5.73. The van der Waals surface area contributed by atoms with Gasteiger partial charge in [0.15, 0.2) is 0 Å². The Morgan fingerprint density at radius 3 is 2.10 bits per heavy atom. The zero-order chi connectivity index (χ0) is 30.1. The number of alkyl halides is 5. The SMILES string of the molecule is COc1ccc2c(c1)SC(C)C(C)(c1ccc(F)cc1)C2CCCCCCCCCSCCCC(F)(F)C(F)(F)F. The number of hydrogen-bond acceptors (Lipinski definition) is 3. The van der Waals surface area contributed by atoms with Gasteiger partial charge in [0, 0.05) is 22.0 Å². The van der Waals surface area contributed by atoms with Gasteiger partial charge in [-0.3, -0.25) is 0 Å². The highest BCUT2D eigenvalue weighted by atomic mass is 32.2. The summed E-state index contributed by atoms with van der Waals surface area (Å²) in [5.74, 6) is -2.53. The van der Waals surface area contributed by atoms with Crippen LogP contribution >= 0.6 is 23.5 Å². The van der Waals surface area contributed by atoms with Gasteiger partial charge in [0.25, 0.3) is 0 Å². The maximum Gasteiger partial charge on any atom is 0.453 e. The molecule has 3 atom stereocenters. The second kappa shape index (κ2) is 15.3. The fourth-order valence-corrected chi connectivity index (χ4v) is 8.15. The standard InChI is InChI=1S/C32H42F6OS2/c1-23-30(2,24-13-15-25(33)16-14-24)28(27-18-17-26(39-3)22-29(27)41-23)12-9-7-5-4-6-8-10-20-40-21-11-19-31(34,35)32(36,37)38/h13-18,22-23,28H,4-12,19-21H2,1-3H3. The molecule has 0 spiro atoms. The van der Waals surface area contributed by atoms with Crippen molar-refractivity contribution >= 4 is 23.5 Å². The van der Waals surface area contributed by atoms with Gasteiger partial charge < -0.3 is 4.74 Å². The normalized spacial score (nSPS) is 21.1. The molecule has 230 valence electrons. The summed E-state index contributed by atoms with van der Waals surface area (Å²) in [4.78, 5) is 1.26. The molecule has 9 heteroatoms. The molecule has 0 amide bonds. The van der Waals surface area contributed by atoms with Crippen LogP contribution in [0.2, 0.25) is 0 Å². The molecule has 41 heavy (non-hydrogen) atoms. The number of benzene rings is 2. The Labute approximate surface area is 249 Å². The molecule has 0 aliphatic carbocycles. The number of ether oxygens (including phenoxy) is 1. The van der Waals surface area contributed by atoms with Crippen LogP contribution in [0.3, 0.4) is 0 Å². The fraction of sp³-hybridized carbons (Fsp3) is 0.625. The molecule has 0 aromatic heterocycles. The molecule has 2 aromatic rings. The molecule has 1 aliphatic heterocycles. The van der Waals surface area contributed by atoms with Crippen molar-refractivity contribution in [3.05, 3.63) is 59.4 Å². The lowest BCUT2D eigenvalue weighted by Gasteiger charge is -2.47. The van der Waals surface area contributed by atoms with E-state index in [2.05, 4.69) is 26.0 Å². The number of halogens is 6. The molecule has 0 radical (unpaired) electrons. The monoisotopic (exact) mass is 620 g/mol. The Morgan fingerprint density at radius 1 is 0.854 bits per heavy atom. The van der Waals surface area contributed by atoms with E-state index in [1.807, 2.05) is 30.0 Å². The summed E-state index contributed by atoms with van der Waals surface area (Å²) in [6.07, 6.45) is 1.91. The summed E-state index contributed by atoms with van der Waals surface area (Å²) in [5.41, 5.74) is 2.36. The highest BCUT2D eigenvalue weighted by molar-refractivity contribution is 8.00. The van der Waals surface area contributed by atoms with E-state index in [1.54, 1.807) is 19.2 Å². The van der Waals surface area contributed by atoms with Gasteiger partial charge in [-0.05, 0) is 72.1 Å². The number of hydrogen-bond donors (Lipinski definition) is 0. The Kier molecular flexibility index (Phi) is 12.7.